The monoisotopic (exact) mass is 1270 g/mol. The van der Waals surface area contributed by atoms with Gasteiger partial charge in [0.15, 0.2) is 5.96 Å². The molecule has 9 atom stereocenters. The van der Waals surface area contributed by atoms with Crippen molar-refractivity contribution in [3.63, 3.8) is 0 Å². The van der Waals surface area contributed by atoms with Crippen molar-refractivity contribution in [3.8, 4) is 0 Å². The standard InChI is InChI=1S/C52H82N16O14.C2HF3O2/c1-26(2)21-37(51(81)82)66-46(76)34(22-28-25-60-31-13-6-5-11-29(28)31)63-48(78)36(24-41(71)72)65-45(75)33(16-17-39(55)69)61-47(77)35(23-40(56)70)64-44(74)32(14-9-19-59-52(57)58)62-49(79)38-15-10-20-68(38)50(80)42(27(3)4)67-43(73)30(54)12-7-8-18-53;3-2(4,5)1(6)7/h5-6,11,13,25-27,30,32-38,42,60H,7-10,12,14-24,53-54H2,1-4H3,(H2,55,69)(H2,56,70)(H,61,77)(H,62,79)(H,63,78)(H,64,74)(H,65,75)(H,66,76)(H,67,73)(H,71,72)(H,81,82)(H4,57,58,59);(H,6,7). The van der Waals surface area contributed by atoms with Gasteiger partial charge in [0.05, 0.1) is 18.9 Å². The molecule has 2 aromatic rings. The minimum absolute atomic E-state index is 0.00610. The molecule has 1 fully saturated rings. The van der Waals surface area contributed by atoms with Gasteiger partial charge in [-0.15, -0.1) is 0 Å². The average molecular weight is 1270 g/mol. The molecule has 89 heavy (non-hydrogen) atoms. The molecule has 3 rings (SSSR count). The average Bonchev–Trinajstić information content (AvgIpc) is 1.93. The van der Waals surface area contributed by atoms with Gasteiger partial charge in [0.1, 0.15) is 48.3 Å². The number of carboxylic acids is 3. The number of amides is 10. The maximum atomic E-state index is 14.2. The van der Waals surface area contributed by atoms with Crippen molar-refractivity contribution < 1.29 is 90.8 Å². The lowest BCUT2D eigenvalue weighted by Crippen LogP contribution is -2.61. The zero-order valence-corrected chi connectivity index (χ0v) is 49.7. The summed E-state index contributed by atoms with van der Waals surface area (Å²) in [6.07, 6.45) is -5.03. The van der Waals surface area contributed by atoms with Gasteiger partial charge in [-0.1, -0.05) is 52.3 Å². The first kappa shape index (κ1) is 75.9. The van der Waals surface area contributed by atoms with Gasteiger partial charge in [0.2, 0.25) is 59.1 Å². The van der Waals surface area contributed by atoms with Crippen LogP contribution in [0, 0.1) is 11.8 Å². The van der Waals surface area contributed by atoms with Crippen molar-refractivity contribution in [2.45, 2.75) is 172 Å². The molecule has 1 aliphatic heterocycles. The molecule has 10 amide bonds. The number of para-hydroxylation sites is 1. The number of aliphatic carboxylic acids is 3. The number of rotatable bonds is 36. The third-order valence-electron chi connectivity index (χ3n) is 13.6. The molecule has 1 saturated heterocycles. The number of carboxylic acid groups (broad SMARTS) is 3. The number of benzene rings is 1. The number of alkyl halides is 3. The number of aromatic nitrogens is 1. The first-order valence-electron chi connectivity index (χ1n) is 28.4. The SMILES string of the molecule is CC(C)CC(NC(=O)C(Cc1c[nH]c2ccccc12)NC(=O)C(CC(=O)O)NC(=O)C(CCC(N)=O)NC(=O)C(CC(N)=O)NC(=O)C(CCCN=C(N)N)NC(=O)C1CCCN1C(=O)C(NC(=O)C(N)CCCCN)C(C)C)C(=O)O.O=C(O)C(F)(F)F. The van der Waals surface area contributed by atoms with Crippen molar-refractivity contribution in [2.24, 2.45) is 51.2 Å². The highest BCUT2D eigenvalue weighted by Crippen LogP contribution is 2.23. The van der Waals surface area contributed by atoms with E-state index in [1.807, 2.05) is 0 Å². The summed E-state index contributed by atoms with van der Waals surface area (Å²) < 4.78 is 31.7. The highest BCUT2D eigenvalue weighted by molar-refractivity contribution is 6.00. The fourth-order valence-electron chi connectivity index (χ4n) is 9.07. The Bertz CT molecular complexity index is 2850. The fourth-order valence-corrected chi connectivity index (χ4v) is 9.07. The Labute approximate surface area is 509 Å². The molecular weight excluding hydrogens is 1190 g/mol. The number of primary amides is 2. The third kappa shape index (κ3) is 26.8. The fraction of sp³-hybridized carbons (Fsp3) is 0.593. The largest absolute Gasteiger partial charge is 0.490 e. The van der Waals surface area contributed by atoms with E-state index in [-0.39, 0.29) is 57.1 Å². The van der Waals surface area contributed by atoms with E-state index in [2.05, 4.69) is 47.2 Å². The molecule has 0 radical (unpaired) electrons. The number of likely N-dealkylation sites (tertiary alicyclic amines) is 1. The number of nitrogens with one attached hydrogen (secondary N) is 8. The van der Waals surface area contributed by atoms with Crippen LogP contribution in [-0.4, -0.2) is 188 Å². The maximum absolute atomic E-state index is 14.2. The Morgan fingerprint density at radius 2 is 1.21 bits per heavy atom. The molecule has 9 unspecified atom stereocenters. The molecule has 1 aromatic heterocycles. The topological polar surface area (TPSA) is 554 Å². The van der Waals surface area contributed by atoms with E-state index in [1.165, 1.54) is 4.90 Å². The zero-order chi connectivity index (χ0) is 67.5. The number of hydrogen-bond donors (Lipinski definition) is 17. The second-order valence-corrected chi connectivity index (χ2v) is 21.7. The number of unbranched alkanes of at least 4 members (excludes halogenated alkanes) is 1. The van der Waals surface area contributed by atoms with Gasteiger partial charge >= 0.3 is 24.1 Å². The smallest absolute Gasteiger partial charge is 0.481 e. The molecule has 0 saturated carbocycles. The van der Waals surface area contributed by atoms with Gasteiger partial charge in [-0.25, -0.2) is 9.59 Å². The summed E-state index contributed by atoms with van der Waals surface area (Å²) in [7, 11) is 0. The highest BCUT2D eigenvalue weighted by Gasteiger charge is 2.42. The van der Waals surface area contributed by atoms with Gasteiger partial charge in [-0.2, -0.15) is 13.2 Å². The minimum Gasteiger partial charge on any atom is -0.481 e. The molecule has 2 heterocycles. The van der Waals surface area contributed by atoms with Crippen LogP contribution in [0.4, 0.5) is 13.2 Å². The molecule has 1 aliphatic rings. The predicted octanol–water partition coefficient (Wildman–Crippen LogP) is -3.36. The molecule has 0 bridgehead atoms. The number of aliphatic imine (C=N–C) groups is 1. The summed E-state index contributed by atoms with van der Waals surface area (Å²) in [5.41, 5.74) is 34.7. The van der Waals surface area contributed by atoms with Crippen molar-refractivity contribution in [1.29, 1.82) is 0 Å². The molecule has 0 spiro atoms. The number of halogens is 3. The van der Waals surface area contributed by atoms with Gasteiger partial charge in [0.25, 0.3) is 0 Å². The van der Waals surface area contributed by atoms with Gasteiger partial charge < -0.3 is 96.8 Å². The molecule has 1 aromatic carbocycles. The van der Waals surface area contributed by atoms with E-state index in [1.54, 1.807) is 58.2 Å². The Kier molecular flexibility index (Phi) is 31.5. The van der Waals surface area contributed by atoms with Crippen LogP contribution in [0.3, 0.4) is 0 Å². The minimum atomic E-state index is -5.08. The first-order chi connectivity index (χ1) is 41.6. The van der Waals surface area contributed by atoms with Crippen LogP contribution in [-0.2, 0) is 68.7 Å². The van der Waals surface area contributed by atoms with Gasteiger partial charge in [0, 0.05) is 43.0 Å². The van der Waals surface area contributed by atoms with Crippen LogP contribution < -0.4 is 71.6 Å². The number of H-pyrrole nitrogens is 1. The molecule has 35 heteroatoms. The Morgan fingerprint density at radius 1 is 0.674 bits per heavy atom. The van der Waals surface area contributed by atoms with Gasteiger partial charge in [-0.05, 0) is 81.4 Å². The van der Waals surface area contributed by atoms with Crippen molar-refractivity contribution >= 4 is 93.8 Å². The summed E-state index contributed by atoms with van der Waals surface area (Å²) in [6, 6.07) is -6.41. The van der Waals surface area contributed by atoms with E-state index >= 15 is 0 Å². The van der Waals surface area contributed by atoms with Crippen LogP contribution in [0.5, 0.6) is 0 Å². The van der Waals surface area contributed by atoms with E-state index < -0.39 is 169 Å². The Hall–Kier alpha value is -9.15. The van der Waals surface area contributed by atoms with Crippen molar-refractivity contribution in [2.75, 3.05) is 19.6 Å². The second-order valence-electron chi connectivity index (χ2n) is 21.7. The summed E-state index contributed by atoms with van der Waals surface area (Å²) >= 11 is 0. The van der Waals surface area contributed by atoms with Crippen LogP contribution in [0.1, 0.15) is 110 Å². The van der Waals surface area contributed by atoms with Crippen molar-refractivity contribution in [3.05, 3.63) is 36.0 Å². The van der Waals surface area contributed by atoms with Crippen LogP contribution >= 0.6 is 0 Å². The number of carbonyl (C=O) groups excluding carboxylic acids is 10. The van der Waals surface area contributed by atoms with Gasteiger partial charge in [-0.3, -0.25) is 57.7 Å². The summed E-state index contributed by atoms with van der Waals surface area (Å²) in [4.78, 5) is 178. The summed E-state index contributed by atoms with van der Waals surface area (Å²) in [5.74, 6) is -16.5. The lowest BCUT2D eigenvalue weighted by atomic mass is 10.0. The number of nitrogens with zero attached hydrogens (tertiary/aromatic N) is 2. The van der Waals surface area contributed by atoms with Crippen LogP contribution in [0.2, 0.25) is 0 Å². The summed E-state index contributed by atoms with van der Waals surface area (Å²) in [6.45, 7) is 7.36. The van der Waals surface area contributed by atoms with Crippen LogP contribution in [0.15, 0.2) is 35.5 Å². The molecule has 23 N–H and O–H groups in total. The third-order valence-corrected chi connectivity index (χ3v) is 13.6. The first-order valence-corrected chi connectivity index (χ1v) is 28.4. The maximum Gasteiger partial charge on any atom is 0.490 e. The Morgan fingerprint density at radius 3 is 1.74 bits per heavy atom. The zero-order valence-electron chi connectivity index (χ0n) is 49.7. The second kappa shape index (κ2) is 36.9. The van der Waals surface area contributed by atoms with E-state index in [0.29, 0.717) is 48.7 Å². The van der Waals surface area contributed by atoms with Crippen molar-refractivity contribution in [1.82, 2.24) is 47.1 Å². The van der Waals surface area contributed by atoms with Crippen LogP contribution in [0.25, 0.3) is 10.9 Å². The van der Waals surface area contributed by atoms with E-state index in [9.17, 15) is 80.9 Å². The molecule has 0 aliphatic carbocycles. The quantitative estimate of drug-likeness (QED) is 0.0180. The number of aromatic amines is 1. The number of carbonyl (C=O) groups is 13. The summed E-state index contributed by atoms with van der Waals surface area (Å²) in [5, 5.41) is 44.6. The normalized spacial score (nSPS) is 15.6. The Balaban J connectivity index is 0.00000362. The number of guanidine groups is 1. The molecular formula is C54H83F3N16O16. The predicted molar refractivity (Wildman–Crippen MR) is 311 cm³/mol. The van der Waals surface area contributed by atoms with E-state index in [0.717, 1.165) is 0 Å². The number of fused-ring (bicyclic) bond motifs is 1. The lowest BCUT2D eigenvalue weighted by molar-refractivity contribution is -0.192. The highest BCUT2D eigenvalue weighted by atomic mass is 19.4. The number of hydrogen-bond acceptors (Lipinski definition) is 16. The lowest BCUT2D eigenvalue weighted by Gasteiger charge is -2.32. The molecule has 32 nitrogen and oxygen atoms in total. The van der Waals surface area contributed by atoms with E-state index in [4.69, 9.17) is 44.3 Å². The molecule has 496 valence electrons. The number of nitrogens with two attached hydrogens (primary N) is 6.